The fourth-order valence-corrected chi connectivity index (χ4v) is 4.27. The standard InChI is InChI=1S/C25H50Br2N2O/c1-5-6-7-8-9-10-11-12-13-14-15-16-17-18-21-29(22-19-20-28(3)4)24(30)25(2,27)23-26/h5-23H2,1-4H3. The van der Waals surface area contributed by atoms with Gasteiger partial charge in [-0.3, -0.25) is 4.79 Å². The first-order valence-electron chi connectivity index (χ1n) is 12.5. The lowest BCUT2D eigenvalue weighted by atomic mass is 10.0. The van der Waals surface area contributed by atoms with Gasteiger partial charge in [0.15, 0.2) is 0 Å². The van der Waals surface area contributed by atoms with Crippen molar-refractivity contribution in [1.29, 1.82) is 0 Å². The van der Waals surface area contributed by atoms with Crippen molar-refractivity contribution in [2.45, 2.75) is 114 Å². The van der Waals surface area contributed by atoms with E-state index in [4.69, 9.17) is 0 Å². The molecule has 0 aliphatic carbocycles. The third-order valence-corrected chi connectivity index (χ3v) is 8.29. The van der Waals surface area contributed by atoms with Crippen molar-refractivity contribution in [3.05, 3.63) is 0 Å². The van der Waals surface area contributed by atoms with Gasteiger partial charge in [-0.1, -0.05) is 122 Å². The summed E-state index contributed by atoms with van der Waals surface area (Å²) in [5.41, 5.74) is 0. The highest BCUT2D eigenvalue weighted by molar-refractivity contribution is 9.12. The maximum Gasteiger partial charge on any atom is 0.240 e. The highest BCUT2D eigenvalue weighted by atomic mass is 79.9. The number of hydrogen-bond donors (Lipinski definition) is 0. The Kier molecular flexibility index (Phi) is 20.3. The molecule has 5 heteroatoms. The summed E-state index contributed by atoms with van der Waals surface area (Å²) in [4.78, 5) is 17.1. The number of carbonyl (C=O) groups is 1. The molecule has 0 aliphatic rings. The van der Waals surface area contributed by atoms with E-state index in [2.05, 4.69) is 62.7 Å². The molecular formula is C25H50Br2N2O. The van der Waals surface area contributed by atoms with E-state index in [1.807, 2.05) is 6.92 Å². The van der Waals surface area contributed by atoms with Crippen LogP contribution in [0.4, 0.5) is 0 Å². The number of nitrogens with zero attached hydrogens (tertiary/aromatic N) is 2. The van der Waals surface area contributed by atoms with E-state index in [0.29, 0.717) is 5.33 Å². The Bertz CT molecular complexity index is 403. The van der Waals surface area contributed by atoms with Gasteiger partial charge < -0.3 is 9.80 Å². The fourth-order valence-electron chi connectivity index (χ4n) is 3.78. The Hall–Kier alpha value is 0.390. The van der Waals surface area contributed by atoms with E-state index in [0.717, 1.165) is 32.5 Å². The van der Waals surface area contributed by atoms with Crippen LogP contribution in [-0.4, -0.2) is 59.1 Å². The van der Waals surface area contributed by atoms with Gasteiger partial charge in [0.05, 0.1) is 0 Å². The largest absolute Gasteiger partial charge is 0.341 e. The maximum absolute atomic E-state index is 12.9. The number of halogens is 2. The molecule has 1 amide bonds. The molecule has 0 N–H and O–H groups in total. The second-order valence-electron chi connectivity index (χ2n) is 9.38. The van der Waals surface area contributed by atoms with Crippen molar-refractivity contribution in [3.8, 4) is 0 Å². The molecule has 0 bridgehead atoms. The zero-order chi connectivity index (χ0) is 22.7. The Labute approximate surface area is 205 Å². The average molecular weight is 554 g/mol. The molecule has 0 aromatic rings. The zero-order valence-electron chi connectivity index (χ0n) is 20.5. The molecule has 0 saturated heterocycles. The second-order valence-corrected chi connectivity index (χ2v) is 11.7. The average Bonchev–Trinajstić information content (AvgIpc) is 2.71. The highest BCUT2D eigenvalue weighted by Crippen LogP contribution is 2.23. The summed E-state index contributed by atoms with van der Waals surface area (Å²) in [6, 6.07) is 0. The number of carbonyl (C=O) groups excluding carboxylic acids is 1. The first kappa shape index (κ1) is 30.4. The van der Waals surface area contributed by atoms with Gasteiger partial charge in [-0.05, 0) is 40.4 Å². The molecule has 3 nitrogen and oxygen atoms in total. The van der Waals surface area contributed by atoms with Crippen molar-refractivity contribution >= 4 is 37.8 Å². The van der Waals surface area contributed by atoms with E-state index in [-0.39, 0.29) is 5.91 Å². The van der Waals surface area contributed by atoms with Crippen LogP contribution in [0.3, 0.4) is 0 Å². The Morgan fingerprint density at radius 2 is 1.10 bits per heavy atom. The molecule has 30 heavy (non-hydrogen) atoms. The molecule has 1 unspecified atom stereocenters. The predicted molar refractivity (Wildman–Crippen MR) is 141 cm³/mol. The smallest absolute Gasteiger partial charge is 0.240 e. The first-order valence-corrected chi connectivity index (χ1v) is 14.5. The van der Waals surface area contributed by atoms with E-state index in [9.17, 15) is 4.79 Å². The van der Waals surface area contributed by atoms with Crippen LogP contribution < -0.4 is 0 Å². The van der Waals surface area contributed by atoms with Gasteiger partial charge >= 0.3 is 0 Å². The van der Waals surface area contributed by atoms with E-state index in [1.165, 1.54) is 83.5 Å². The summed E-state index contributed by atoms with van der Waals surface area (Å²) in [5.74, 6) is 0.216. The molecule has 0 aromatic carbocycles. The van der Waals surface area contributed by atoms with E-state index in [1.54, 1.807) is 0 Å². The van der Waals surface area contributed by atoms with Gasteiger partial charge in [-0.15, -0.1) is 0 Å². The van der Waals surface area contributed by atoms with Crippen molar-refractivity contribution < 1.29 is 4.79 Å². The van der Waals surface area contributed by atoms with Crippen LogP contribution in [0.25, 0.3) is 0 Å². The summed E-state index contributed by atoms with van der Waals surface area (Å²) in [7, 11) is 4.18. The quantitative estimate of drug-likeness (QED) is 0.107. The lowest BCUT2D eigenvalue weighted by Crippen LogP contribution is -2.45. The summed E-state index contributed by atoms with van der Waals surface area (Å²) in [5, 5.41) is 0.641. The van der Waals surface area contributed by atoms with Gasteiger partial charge in [0.1, 0.15) is 4.32 Å². The molecule has 0 heterocycles. The minimum atomic E-state index is -0.499. The molecule has 0 rings (SSSR count). The SMILES string of the molecule is CCCCCCCCCCCCCCCCN(CCCN(C)C)C(=O)C(C)(Br)CBr. The molecule has 0 aromatic heterocycles. The van der Waals surface area contributed by atoms with Crippen molar-refractivity contribution in [2.24, 2.45) is 0 Å². The summed E-state index contributed by atoms with van der Waals surface area (Å²) < 4.78 is -0.499. The van der Waals surface area contributed by atoms with Gasteiger partial charge in [-0.25, -0.2) is 0 Å². The Balaban J connectivity index is 3.83. The number of unbranched alkanes of at least 4 members (excludes halogenated alkanes) is 13. The Morgan fingerprint density at radius 1 is 0.700 bits per heavy atom. The third-order valence-electron chi connectivity index (χ3n) is 5.80. The lowest BCUT2D eigenvalue weighted by Gasteiger charge is -2.30. The van der Waals surface area contributed by atoms with Gasteiger partial charge in [-0.2, -0.15) is 0 Å². The minimum absolute atomic E-state index is 0.216. The predicted octanol–water partition coefficient (Wildman–Crippen LogP) is 7.80. The second kappa shape index (κ2) is 20.0. The minimum Gasteiger partial charge on any atom is -0.341 e. The summed E-state index contributed by atoms with van der Waals surface area (Å²) in [6.07, 6.45) is 20.2. The molecular weight excluding hydrogens is 504 g/mol. The highest BCUT2D eigenvalue weighted by Gasteiger charge is 2.32. The topological polar surface area (TPSA) is 23.6 Å². The number of alkyl halides is 2. The first-order chi connectivity index (χ1) is 14.3. The van der Waals surface area contributed by atoms with Crippen LogP contribution in [0.15, 0.2) is 0 Å². The van der Waals surface area contributed by atoms with Crippen molar-refractivity contribution in [3.63, 3.8) is 0 Å². The molecule has 180 valence electrons. The molecule has 0 radical (unpaired) electrons. The molecule has 0 aliphatic heterocycles. The number of rotatable bonds is 21. The maximum atomic E-state index is 12.9. The van der Waals surface area contributed by atoms with Crippen molar-refractivity contribution in [2.75, 3.05) is 39.1 Å². The van der Waals surface area contributed by atoms with Crippen LogP contribution in [0.2, 0.25) is 0 Å². The summed E-state index contributed by atoms with van der Waals surface area (Å²) >= 11 is 7.08. The van der Waals surface area contributed by atoms with Crippen LogP contribution in [0.5, 0.6) is 0 Å². The van der Waals surface area contributed by atoms with Gasteiger partial charge in [0.25, 0.3) is 0 Å². The normalized spacial score (nSPS) is 13.6. The van der Waals surface area contributed by atoms with Crippen molar-refractivity contribution in [1.82, 2.24) is 9.80 Å². The zero-order valence-corrected chi connectivity index (χ0v) is 23.7. The van der Waals surface area contributed by atoms with Gasteiger partial charge in [0, 0.05) is 18.4 Å². The number of hydrogen-bond acceptors (Lipinski definition) is 2. The van der Waals surface area contributed by atoms with Crippen LogP contribution in [-0.2, 0) is 4.79 Å². The summed E-state index contributed by atoms with van der Waals surface area (Å²) in [6.45, 7) is 7.01. The van der Waals surface area contributed by atoms with Crippen LogP contribution >= 0.6 is 31.9 Å². The molecule has 0 spiro atoms. The molecule has 1 atom stereocenters. The molecule has 0 fully saturated rings. The van der Waals surface area contributed by atoms with Gasteiger partial charge in [0.2, 0.25) is 5.91 Å². The molecule has 0 saturated carbocycles. The van der Waals surface area contributed by atoms with E-state index >= 15 is 0 Å². The van der Waals surface area contributed by atoms with E-state index < -0.39 is 4.32 Å². The third kappa shape index (κ3) is 17.0. The van der Waals surface area contributed by atoms with Crippen LogP contribution in [0.1, 0.15) is 110 Å². The lowest BCUT2D eigenvalue weighted by molar-refractivity contribution is -0.132. The Morgan fingerprint density at radius 3 is 1.50 bits per heavy atom. The number of amides is 1. The fraction of sp³-hybridized carbons (Fsp3) is 0.960. The monoisotopic (exact) mass is 552 g/mol. The van der Waals surface area contributed by atoms with Crippen LogP contribution in [0, 0.1) is 0 Å².